The first-order valence-electron chi connectivity index (χ1n) is 23.1. The average Bonchev–Trinajstić information content (AvgIpc) is 3.71. The van der Waals surface area contributed by atoms with E-state index in [0.717, 1.165) is 16.5 Å². The summed E-state index contributed by atoms with van der Waals surface area (Å²) in [7, 11) is 0. The van der Waals surface area contributed by atoms with E-state index in [4.69, 9.17) is 5.73 Å². The minimum atomic E-state index is -1.51. The molecule has 3 rings (SSSR count). The number of carbonyl (C=O) groups is 10. The Morgan fingerprint density at radius 3 is 1.67 bits per heavy atom. The number of H-pyrrole nitrogens is 1. The number of carbonyl (C=O) groups excluding carboxylic acids is 8. The van der Waals surface area contributed by atoms with Crippen molar-refractivity contribution >= 4 is 70.1 Å². The van der Waals surface area contributed by atoms with Gasteiger partial charge in [0, 0.05) is 29.9 Å². The molecule has 0 saturated carbocycles. The number of aromatic nitrogens is 1. The molecule has 22 nitrogen and oxygen atoms in total. The van der Waals surface area contributed by atoms with E-state index in [1.807, 2.05) is 50.2 Å². The van der Waals surface area contributed by atoms with E-state index < -0.39 is 134 Å². The van der Waals surface area contributed by atoms with Crippen molar-refractivity contribution in [3.63, 3.8) is 0 Å². The summed E-state index contributed by atoms with van der Waals surface area (Å²) in [6, 6.07) is 8.94. The molecule has 0 spiro atoms. The lowest BCUT2D eigenvalue weighted by molar-refractivity contribution is -0.143. The summed E-state index contributed by atoms with van der Waals surface area (Å²) in [6.45, 7) is 8.52. The average molecular weight is 977 g/mol. The zero-order chi connectivity index (χ0) is 52.1. The third-order valence-electron chi connectivity index (χ3n) is 10.9. The summed E-state index contributed by atoms with van der Waals surface area (Å²) in [5.74, 6) is -9.54. The van der Waals surface area contributed by atoms with Crippen molar-refractivity contribution in [2.24, 2.45) is 23.5 Å². The van der Waals surface area contributed by atoms with Gasteiger partial charge < -0.3 is 63.5 Å². The molecule has 0 radical (unpaired) electrons. The molecule has 0 saturated heterocycles. The van der Waals surface area contributed by atoms with Crippen LogP contribution >= 0.6 is 0 Å². The number of nitrogens with two attached hydrogens (primary N) is 1. The molecule has 0 aliphatic carbocycles. The smallest absolute Gasteiger partial charge is 0.326 e. The van der Waals surface area contributed by atoms with Crippen LogP contribution < -0.4 is 48.3 Å². The molecule has 22 heteroatoms. The third kappa shape index (κ3) is 19.7. The molecule has 0 fully saturated rings. The second-order valence-electron chi connectivity index (χ2n) is 18.2. The number of nitrogens with one attached hydrogen (secondary N) is 9. The van der Waals surface area contributed by atoms with Crippen molar-refractivity contribution in [2.75, 3.05) is 19.6 Å². The Labute approximate surface area is 406 Å². The lowest BCUT2D eigenvalue weighted by Crippen LogP contribution is -2.58. The molecule has 0 bridgehead atoms. The van der Waals surface area contributed by atoms with Gasteiger partial charge in [0.1, 0.15) is 30.2 Å². The van der Waals surface area contributed by atoms with Gasteiger partial charge in [-0.1, -0.05) is 90.1 Å². The first-order valence-corrected chi connectivity index (χ1v) is 23.1. The van der Waals surface area contributed by atoms with Gasteiger partial charge in [-0.05, 0) is 60.6 Å². The van der Waals surface area contributed by atoms with Crippen LogP contribution in [0.5, 0.6) is 0 Å². The number of carboxylic acid groups (broad SMARTS) is 2. The summed E-state index contributed by atoms with van der Waals surface area (Å²) in [6.07, 6.45) is 1.07. The quantitative estimate of drug-likeness (QED) is 0.0428. The van der Waals surface area contributed by atoms with Gasteiger partial charge in [-0.3, -0.25) is 43.2 Å². The SMILES string of the molecule is CC(C)C[C@H](NC(=O)[C@H](CCC(=O)O)NC(=O)CNC(=O)CNC(=O)[C@H](CC(C)C)NC(=O)[C@@H](N)Cc1ccccc1)C(=O)N[C@@H](Cc1c[nH]c2ccccc12)C(=O)NCC(=O)N[C@H](C(=O)O)C(C)C. The van der Waals surface area contributed by atoms with Crippen molar-refractivity contribution in [1.82, 2.24) is 47.5 Å². The van der Waals surface area contributed by atoms with Crippen molar-refractivity contribution in [1.29, 1.82) is 0 Å². The molecule has 3 aromatic rings. The second kappa shape index (κ2) is 28.2. The Kier molecular flexibility index (Phi) is 23.0. The Morgan fingerprint density at radius 2 is 1.07 bits per heavy atom. The lowest BCUT2D eigenvalue weighted by atomic mass is 10.00. The van der Waals surface area contributed by atoms with Gasteiger partial charge in [0.05, 0.1) is 25.7 Å². The van der Waals surface area contributed by atoms with Gasteiger partial charge >= 0.3 is 11.9 Å². The topological polar surface area (TPSA) is 349 Å². The van der Waals surface area contributed by atoms with E-state index in [9.17, 15) is 58.2 Å². The molecule has 6 atom stereocenters. The molecule has 8 amide bonds. The number of aromatic amines is 1. The number of para-hydroxylation sites is 1. The molecular formula is C48H68N10O12. The van der Waals surface area contributed by atoms with Crippen LogP contribution in [0.15, 0.2) is 60.8 Å². The van der Waals surface area contributed by atoms with E-state index in [1.165, 1.54) is 0 Å². The molecule has 1 aromatic heterocycles. The van der Waals surface area contributed by atoms with Crippen molar-refractivity contribution in [2.45, 2.75) is 116 Å². The Hall–Kier alpha value is -7.36. The van der Waals surface area contributed by atoms with Crippen molar-refractivity contribution < 1.29 is 58.2 Å². The van der Waals surface area contributed by atoms with Crippen LogP contribution in [-0.2, 0) is 60.8 Å². The maximum atomic E-state index is 14.1. The molecule has 382 valence electrons. The highest BCUT2D eigenvalue weighted by atomic mass is 16.4. The maximum absolute atomic E-state index is 14.1. The largest absolute Gasteiger partial charge is 0.481 e. The summed E-state index contributed by atoms with van der Waals surface area (Å²) >= 11 is 0. The van der Waals surface area contributed by atoms with E-state index in [0.29, 0.717) is 5.56 Å². The van der Waals surface area contributed by atoms with Crippen LogP contribution in [0.3, 0.4) is 0 Å². The normalized spacial score (nSPS) is 13.7. The molecule has 0 aliphatic rings. The van der Waals surface area contributed by atoms with Gasteiger partial charge in [0.25, 0.3) is 0 Å². The van der Waals surface area contributed by atoms with Gasteiger partial charge in [-0.2, -0.15) is 0 Å². The van der Waals surface area contributed by atoms with E-state index in [-0.39, 0.29) is 37.5 Å². The highest BCUT2D eigenvalue weighted by molar-refractivity contribution is 5.97. The Morgan fingerprint density at radius 1 is 0.557 bits per heavy atom. The van der Waals surface area contributed by atoms with E-state index in [2.05, 4.69) is 47.5 Å². The van der Waals surface area contributed by atoms with Crippen LogP contribution in [0.4, 0.5) is 0 Å². The van der Waals surface area contributed by atoms with Crippen LogP contribution in [-0.4, -0.2) is 130 Å². The summed E-state index contributed by atoms with van der Waals surface area (Å²) in [5, 5.41) is 39.5. The predicted octanol–water partition coefficient (Wildman–Crippen LogP) is -0.249. The standard InChI is InChI=1S/C48H68N10O12/c1-26(2)18-35(55-43(64)32(49)20-29-12-8-7-9-13-29)44(65)52-23-38(59)51-24-39(60)54-34(16-17-41(62)63)46(67)56-36(19-27(3)4)47(68)57-37(21-30-22-50-33-15-11-10-14-31(30)33)45(66)53-25-40(61)58-42(28(5)6)48(69)70/h7-15,22,26-28,32,34-37,42,50H,16-21,23-25,49H2,1-6H3,(H,51,59)(H,52,65)(H,53,66)(H,54,60)(H,55,64)(H,56,67)(H,57,68)(H,58,61)(H,62,63)(H,69,70)/t32-,34-,35-,36-,37-,42-/m0/s1. The molecular weight excluding hydrogens is 909 g/mol. The lowest BCUT2D eigenvalue weighted by Gasteiger charge is -2.26. The molecule has 0 unspecified atom stereocenters. The fraction of sp³-hybridized carbons (Fsp3) is 0.500. The monoisotopic (exact) mass is 977 g/mol. The Balaban J connectivity index is 1.68. The van der Waals surface area contributed by atoms with Crippen molar-refractivity contribution in [3.05, 3.63) is 71.9 Å². The highest BCUT2D eigenvalue weighted by Crippen LogP contribution is 2.20. The van der Waals surface area contributed by atoms with E-state index >= 15 is 0 Å². The fourth-order valence-electron chi connectivity index (χ4n) is 7.26. The van der Waals surface area contributed by atoms with Gasteiger partial charge in [0.2, 0.25) is 47.3 Å². The first kappa shape index (κ1) is 57.0. The minimum absolute atomic E-state index is 0.0246. The number of carboxylic acids is 2. The molecule has 13 N–H and O–H groups in total. The van der Waals surface area contributed by atoms with Gasteiger partial charge in [-0.25, -0.2) is 4.79 Å². The molecule has 2 aromatic carbocycles. The van der Waals surface area contributed by atoms with Crippen LogP contribution in [0.1, 0.15) is 78.4 Å². The minimum Gasteiger partial charge on any atom is -0.481 e. The maximum Gasteiger partial charge on any atom is 0.326 e. The van der Waals surface area contributed by atoms with Crippen molar-refractivity contribution in [3.8, 4) is 0 Å². The van der Waals surface area contributed by atoms with Gasteiger partial charge in [0.15, 0.2) is 0 Å². The predicted molar refractivity (Wildman–Crippen MR) is 257 cm³/mol. The number of amides is 8. The molecule has 0 aliphatic heterocycles. The first-order chi connectivity index (χ1) is 33.0. The highest BCUT2D eigenvalue weighted by Gasteiger charge is 2.32. The third-order valence-corrected chi connectivity index (χ3v) is 10.9. The van der Waals surface area contributed by atoms with Crippen LogP contribution in [0.2, 0.25) is 0 Å². The zero-order valence-electron chi connectivity index (χ0n) is 40.4. The number of fused-ring (bicyclic) bond motifs is 1. The number of hydrogen-bond donors (Lipinski definition) is 12. The number of rotatable bonds is 29. The summed E-state index contributed by atoms with van der Waals surface area (Å²) in [4.78, 5) is 133. The van der Waals surface area contributed by atoms with Gasteiger partial charge in [-0.15, -0.1) is 0 Å². The Bertz CT molecular complexity index is 2300. The zero-order valence-corrected chi connectivity index (χ0v) is 40.4. The summed E-state index contributed by atoms with van der Waals surface area (Å²) in [5.41, 5.74) is 8.31. The number of aliphatic carboxylic acids is 2. The summed E-state index contributed by atoms with van der Waals surface area (Å²) < 4.78 is 0. The number of benzene rings is 2. The molecule has 70 heavy (non-hydrogen) atoms. The molecule has 1 heterocycles. The fourth-order valence-corrected chi connectivity index (χ4v) is 7.26. The van der Waals surface area contributed by atoms with E-state index in [1.54, 1.807) is 52.1 Å². The van der Waals surface area contributed by atoms with Crippen LogP contribution in [0, 0.1) is 17.8 Å². The number of hydrogen-bond acceptors (Lipinski definition) is 11. The second-order valence-corrected chi connectivity index (χ2v) is 18.2. The van der Waals surface area contributed by atoms with Crippen LogP contribution in [0.25, 0.3) is 10.9 Å².